The van der Waals surface area contributed by atoms with Crippen LogP contribution in [-0.4, -0.2) is 29.9 Å². The van der Waals surface area contributed by atoms with Crippen LogP contribution in [0.2, 0.25) is 0 Å². The third-order valence-electron chi connectivity index (χ3n) is 3.65. The predicted octanol–water partition coefficient (Wildman–Crippen LogP) is 1.63. The number of furan rings is 2. The number of ether oxygens (including phenoxy) is 1. The zero-order valence-electron chi connectivity index (χ0n) is 12.5. The molecule has 1 atom stereocenters. The molecule has 0 spiro atoms. The molecule has 1 aliphatic rings. The van der Waals surface area contributed by atoms with Gasteiger partial charge in [-0.05, 0) is 31.2 Å². The molecule has 0 radical (unpaired) electrons. The molecule has 0 aliphatic carbocycles. The van der Waals surface area contributed by atoms with Gasteiger partial charge in [-0.25, -0.2) is 9.59 Å². The second kappa shape index (κ2) is 5.31. The van der Waals surface area contributed by atoms with Gasteiger partial charge in [-0.2, -0.15) is 0 Å². The van der Waals surface area contributed by atoms with Crippen molar-refractivity contribution in [2.75, 3.05) is 7.11 Å². The molecule has 8 nitrogen and oxygen atoms in total. The number of imide groups is 1. The second-order valence-corrected chi connectivity index (χ2v) is 5.18. The number of amides is 3. The molecule has 3 amide bonds. The molecule has 2 aromatic heterocycles. The van der Waals surface area contributed by atoms with Crippen LogP contribution in [0.25, 0.3) is 0 Å². The third-order valence-corrected chi connectivity index (χ3v) is 3.65. The van der Waals surface area contributed by atoms with Crippen molar-refractivity contribution >= 4 is 17.9 Å². The summed E-state index contributed by atoms with van der Waals surface area (Å²) in [4.78, 5) is 37.1. The molecular weight excluding hydrogens is 304 g/mol. The summed E-state index contributed by atoms with van der Waals surface area (Å²) < 4.78 is 15.1. The van der Waals surface area contributed by atoms with Crippen molar-refractivity contribution in [1.29, 1.82) is 0 Å². The summed E-state index contributed by atoms with van der Waals surface area (Å²) in [5.74, 6) is -0.462. The van der Waals surface area contributed by atoms with Crippen molar-refractivity contribution in [2.24, 2.45) is 0 Å². The molecule has 8 heteroatoms. The molecule has 1 unspecified atom stereocenters. The maximum Gasteiger partial charge on any atom is 0.373 e. The molecule has 1 aliphatic heterocycles. The minimum atomic E-state index is -1.27. The maximum atomic E-state index is 12.6. The lowest BCUT2D eigenvalue weighted by atomic mass is 9.99. The Morgan fingerprint density at radius 2 is 2.13 bits per heavy atom. The Bertz CT molecular complexity index is 763. The summed E-state index contributed by atoms with van der Waals surface area (Å²) in [5.41, 5.74) is -1.27. The van der Waals surface area contributed by atoms with Gasteiger partial charge in [-0.1, -0.05) is 0 Å². The molecule has 23 heavy (non-hydrogen) atoms. The van der Waals surface area contributed by atoms with Gasteiger partial charge in [0.2, 0.25) is 5.76 Å². The Morgan fingerprint density at radius 3 is 2.78 bits per heavy atom. The number of methoxy groups -OCH3 is 1. The van der Waals surface area contributed by atoms with E-state index in [-0.39, 0.29) is 18.1 Å². The normalized spacial score (nSPS) is 20.7. The van der Waals surface area contributed by atoms with Gasteiger partial charge in [0, 0.05) is 0 Å². The minimum Gasteiger partial charge on any atom is -0.466 e. The van der Waals surface area contributed by atoms with Crippen molar-refractivity contribution in [3.63, 3.8) is 0 Å². The van der Waals surface area contributed by atoms with Crippen LogP contribution >= 0.6 is 0 Å². The predicted molar refractivity (Wildman–Crippen MR) is 75.2 cm³/mol. The van der Waals surface area contributed by atoms with Gasteiger partial charge >= 0.3 is 12.0 Å². The molecular formula is C15H14N2O6. The second-order valence-electron chi connectivity index (χ2n) is 5.18. The molecule has 0 saturated carbocycles. The van der Waals surface area contributed by atoms with Crippen molar-refractivity contribution < 1.29 is 28.0 Å². The third kappa shape index (κ3) is 2.37. The van der Waals surface area contributed by atoms with Crippen molar-refractivity contribution in [3.8, 4) is 0 Å². The number of hydrogen-bond donors (Lipinski definition) is 1. The Labute approximate surface area is 131 Å². The van der Waals surface area contributed by atoms with Crippen LogP contribution in [0, 0.1) is 0 Å². The number of hydrogen-bond acceptors (Lipinski definition) is 6. The van der Waals surface area contributed by atoms with Crippen LogP contribution in [0.1, 0.15) is 29.0 Å². The molecule has 2 aromatic rings. The fraction of sp³-hybridized carbons (Fsp3) is 0.267. The lowest BCUT2D eigenvalue weighted by Crippen LogP contribution is -2.40. The average Bonchev–Trinajstić information content (AvgIpc) is 3.25. The van der Waals surface area contributed by atoms with Crippen LogP contribution in [-0.2, 0) is 21.6 Å². The number of nitrogens with zero attached hydrogens (tertiary/aromatic N) is 1. The fourth-order valence-corrected chi connectivity index (χ4v) is 2.40. The zero-order valence-corrected chi connectivity index (χ0v) is 12.5. The summed E-state index contributed by atoms with van der Waals surface area (Å²) in [5, 5.41) is 2.60. The first-order valence-electron chi connectivity index (χ1n) is 6.81. The molecule has 0 bridgehead atoms. The Morgan fingerprint density at radius 1 is 1.35 bits per heavy atom. The number of rotatable bonds is 4. The van der Waals surface area contributed by atoms with Crippen LogP contribution in [0.5, 0.6) is 0 Å². The van der Waals surface area contributed by atoms with E-state index in [2.05, 4.69) is 10.1 Å². The minimum absolute atomic E-state index is 0.00310. The average molecular weight is 318 g/mol. The highest BCUT2D eigenvalue weighted by molar-refractivity contribution is 6.06. The van der Waals surface area contributed by atoms with Gasteiger partial charge in [0.25, 0.3) is 5.91 Å². The van der Waals surface area contributed by atoms with E-state index in [4.69, 9.17) is 8.83 Å². The maximum absolute atomic E-state index is 12.6. The van der Waals surface area contributed by atoms with E-state index in [1.165, 1.54) is 25.5 Å². The van der Waals surface area contributed by atoms with Gasteiger partial charge < -0.3 is 18.9 Å². The monoisotopic (exact) mass is 318 g/mol. The molecule has 3 rings (SSSR count). The molecule has 1 fully saturated rings. The topological polar surface area (TPSA) is 102 Å². The van der Waals surface area contributed by atoms with E-state index in [1.807, 2.05) is 0 Å². The first-order valence-corrected chi connectivity index (χ1v) is 6.81. The first kappa shape index (κ1) is 14.9. The first-order chi connectivity index (χ1) is 11.0. The standard InChI is InChI=1S/C15H14N2O6/c1-15(11-4-3-7-22-11)13(19)17(14(20)16-15)8-9-5-6-10(23-9)12(18)21-2/h3-7H,8H2,1-2H3,(H,16,20). The van der Waals surface area contributed by atoms with E-state index in [1.54, 1.807) is 19.1 Å². The summed E-state index contributed by atoms with van der Waals surface area (Å²) in [6.07, 6.45) is 1.43. The van der Waals surface area contributed by atoms with Crippen molar-refractivity contribution in [3.05, 3.63) is 47.8 Å². The molecule has 3 heterocycles. The highest BCUT2D eigenvalue weighted by atomic mass is 16.5. The van der Waals surface area contributed by atoms with Crippen molar-refractivity contribution in [1.82, 2.24) is 10.2 Å². The van der Waals surface area contributed by atoms with Gasteiger partial charge in [0.15, 0.2) is 5.54 Å². The number of esters is 1. The lowest BCUT2D eigenvalue weighted by molar-refractivity contribution is -0.132. The highest BCUT2D eigenvalue weighted by Crippen LogP contribution is 2.30. The van der Waals surface area contributed by atoms with E-state index in [9.17, 15) is 14.4 Å². The molecule has 1 saturated heterocycles. The molecule has 120 valence electrons. The summed E-state index contributed by atoms with van der Waals surface area (Å²) >= 11 is 0. The van der Waals surface area contributed by atoms with E-state index in [0.717, 1.165) is 4.90 Å². The summed E-state index contributed by atoms with van der Waals surface area (Å²) in [6.45, 7) is 1.46. The van der Waals surface area contributed by atoms with Crippen LogP contribution < -0.4 is 5.32 Å². The Balaban J connectivity index is 1.81. The quantitative estimate of drug-likeness (QED) is 0.679. The fourth-order valence-electron chi connectivity index (χ4n) is 2.40. The van der Waals surface area contributed by atoms with Crippen LogP contribution in [0.3, 0.4) is 0 Å². The van der Waals surface area contributed by atoms with Crippen molar-refractivity contribution in [2.45, 2.75) is 19.0 Å². The number of nitrogens with one attached hydrogen (secondary N) is 1. The smallest absolute Gasteiger partial charge is 0.373 e. The van der Waals surface area contributed by atoms with Gasteiger partial charge in [-0.15, -0.1) is 0 Å². The zero-order chi connectivity index (χ0) is 16.6. The van der Waals surface area contributed by atoms with Crippen LogP contribution in [0.15, 0.2) is 39.4 Å². The summed E-state index contributed by atoms with van der Waals surface area (Å²) in [7, 11) is 1.23. The Hall–Kier alpha value is -3.03. The Kier molecular flexibility index (Phi) is 3.44. The number of carbonyl (C=O) groups is 3. The van der Waals surface area contributed by atoms with Crippen LogP contribution in [0.4, 0.5) is 4.79 Å². The largest absolute Gasteiger partial charge is 0.466 e. The van der Waals surface area contributed by atoms with Gasteiger partial charge in [0.05, 0.1) is 19.9 Å². The van der Waals surface area contributed by atoms with Gasteiger partial charge in [-0.3, -0.25) is 9.69 Å². The number of urea groups is 1. The van der Waals surface area contributed by atoms with Gasteiger partial charge in [0.1, 0.15) is 11.5 Å². The van der Waals surface area contributed by atoms with E-state index < -0.39 is 23.4 Å². The lowest BCUT2D eigenvalue weighted by Gasteiger charge is -2.18. The molecule has 1 N–H and O–H groups in total. The highest BCUT2D eigenvalue weighted by Gasteiger charge is 2.51. The van der Waals surface area contributed by atoms with E-state index >= 15 is 0 Å². The number of carbonyl (C=O) groups excluding carboxylic acids is 3. The van der Waals surface area contributed by atoms with E-state index in [0.29, 0.717) is 5.76 Å². The SMILES string of the molecule is COC(=O)c1ccc(CN2C(=O)NC(C)(c3ccco3)C2=O)o1. The summed E-state index contributed by atoms with van der Waals surface area (Å²) in [6, 6.07) is 5.62. The molecule has 0 aromatic carbocycles.